The van der Waals surface area contributed by atoms with Gasteiger partial charge in [0, 0.05) is 0 Å². The van der Waals surface area contributed by atoms with Crippen LogP contribution in [0.15, 0.2) is 0 Å². The van der Waals surface area contributed by atoms with E-state index in [1.165, 1.54) is 0 Å². The van der Waals surface area contributed by atoms with Crippen LogP contribution in [0.2, 0.25) is 0 Å². The van der Waals surface area contributed by atoms with Crippen LogP contribution < -0.4 is 0 Å². The second kappa shape index (κ2) is 4.09. The second-order valence-corrected chi connectivity index (χ2v) is 4.19. The van der Waals surface area contributed by atoms with Crippen LogP contribution in [-0.2, 0) is 4.79 Å². The number of rotatable bonds is 2. The molecule has 4 atom stereocenters. The van der Waals surface area contributed by atoms with Gasteiger partial charge in [-0.05, 0) is 24.7 Å². The van der Waals surface area contributed by atoms with Crippen LogP contribution in [0.25, 0.3) is 0 Å². The molecule has 0 aromatic heterocycles. The van der Waals surface area contributed by atoms with Gasteiger partial charge in [0.25, 0.3) is 0 Å². The summed E-state index contributed by atoms with van der Waals surface area (Å²) in [7, 11) is 0. The Labute approximate surface area is 78.8 Å². The number of carboxylic acid groups (broad SMARTS) is 1. The highest BCUT2D eigenvalue weighted by Gasteiger charge is 2.35. The van der Waals surface area contributed by atoms with E-state index in [2.05, 4.69) is 0 Å². The molecule has 0 aromatic rings. The lowest BCUT2D eigenvalue weighted by molar-refractivity contribution is -0.146. The third kappa shape index (κ3) is 2.21. The molecule has 0 heterocycles. The first-order valence-electron chi connectivity index (χ1n) is 4.95. The van der Waals surface area contributed by atoms with Gasteiger partial charge >= 0.3 is 5.97 Å². The topological polar surface area (TPSA) is 57.5 Å². The van der Waals surface area contributed by atoms with Gasteiger partial charge in [0.15, 0.2) is 0 Å². The fourth-order valence-corrected chi connectivity index (χ4v) is 2.17. The van der Waals surface area contributed by atoms with Gasteiger partial charge in [0.2, 0.25) is 0 Å². The van der Waals surface area contributed by atoms with Crippen molar-refractivity contribution in [3.63, 3.8) is 0 Å². The Balaban J connectivity index is 2.62. The fraction of sp³-hybridized carbons (Fsp3) is 0.900. The third-order valence-electron chi connectivity index (χ3n) is 3.25. The maximum Gasteiger partial charge on any atom is 0.306 e. The van der Waals surface area contributed by atoms with E-state index in [-0.39, 0.29) is 11.8 Å². The van der Waals surface area contributed by atoms with E-state index in [9.17, 15) is 9.90 Å². The number of aliphatic hydroxyl groups excluding tert-OH is 1. The molecule has 4 unspecified atom stereocenters. The third-order valence-corrected chi connectivity index (χ3v) is 3.25. The van der Waals surface area contributed by atoms with Crippen molar-refractivity contribution in [1.82, 2.24) is 0 Å². The monoisotopic (exact) mass is 186 g/mol. The molecule has 13 heavy (non-hydrogen) atoms. The molecule has 1 rings (SSSR count). The predicted molar refractivity (Wildman–Crippen MR) is 49.3 cm³/mol. The first-order valence-corrected chi connectivity index (χ1v) is 4.95. The Bertz CT molecular complexity index is 191. The van der Waals surface area contributed by atoms with Gasteiger partial charge < -0.3 is 10.2 Å². The SMILES string of the molecule is CC1CCCC(C(C)C(=O)O)C1O. The Morgan fingerprint density at radius 3 is 2.62 bits per heavy atom. The van der Waals surface area contributed by atoms with Crippen molar-refractivity contribution in [3.05, 3.63) is 0 Å². The maximum absolute atomic E-state index is 10.7. The van der Waals surface area contributed by atoms with Crippen LogP contribution >= 0.6 is 0 Å². The Morgan fingerprint density at radius 1 is 1.46 bits per heavy atom. The van der Waals surface area contributed by atoms with E-state index < -0.39 is 18.0 Å². The van der Waals surface area contributed by atoms with Gasteiger partial charge in [-0.25, -0.2) is 0 Å². The lowest BCUT2D eigenvalue weighted by atomic mass is 9.74. The average Bonchev–Trinajstić information content (AvgIpc) is 2.08. The molecular formula is C10H18O3. The molecule has 76 valence electrons. The summed E-state index contributed by atoms with van der Waals surface area (Å²) in [5.41, 5.74) is 0. The molecular weight excluding hydrogens is 168 g/mol. The summed E-state index contributed by atoms with van der Waals surface area (Å²) in [5.74, 6) is -1.02. The molecule has 0 aliphatic heterocycles. The van der Waals surface area contributed by atoms with Gasteiger partial charge in [0.05, 0.1) is 12.0 Å². The number of carboxylic acids is 1. The minimum absolute atomic E-state index is 0.0544. The highest BCUT2D eigenvalue weighted by molar-refractivity contribution is 5.70. The number of hydrogen-bond donors (Lipinski definition) is 2. The number of aliphatic hydroxyl groups is 1. The molecule has 0 spiro atoms. The number of carbonyl (C=O) groups is 1. The van der Waals surface area contributed by atoms with E-state index in [1.807, 2.05) is 6.92 Å². The standard InChI is InChI=1S/C10H18O3/c1-6-4-3-5-8(9(6)11)7(2)10(12)13/h6-9,11H,3-5H2,1-2H3,(H,12,13). The zero-order valence-corrected chi connectivity index (χ0v) is 8.23. The Kier molecular flexibility index (Phi) is 3.31. The molecule has 0 amide bonds. The van der Waals surface area contributed by atoms with Crippen LogP contribution in [0.5, 0.6) is 0 Å². The highest BCUT2D eigenvalue weighted by Crippen LogP contribution is 2.33. The van der Waals surface area contributed by atoms with Crippen LogP contribution in [0, 0.1) is 17.8 Å². The first kappa shape index (κ1) is 10.5. The van der Waals surface area contributed by atoms with Crippen molar-refractivity contribution in [1.29, 1.82) is 0 Å². The summed E-state index contributed by atoms with van der Waals surface area (Å²) in [4.78, 5) is 10.7. The van der Waals surface area contributed by atoms with Crippen LogP contribution in [0.3, 0.4) is 0 Å². The minimum atomic E-state index is -0.793. The number of hydrogen-bond acceptors (Lipinski definition) is 2. The highest BCUT2D eigenvalue weighted by atomic mass is 16.4. The fourth-order valence-electron chi connectivity index (χ4n) is 2.17. The normalized spacial score (nSPS) is 37.0. The molecule has 0 saturated heterocycles. The van der Waals surface area contributed by atoms with Crippen molar-refractivity contribution < 1.29 is 15.0 Å². The largest absolute Gasteiger partial charge is 0.481 e. The summed E-state index contributed by atoms with van der Waals surface area (Å²) in [5, 5.41) is 18.6. The molecule has 1 aliphatic carbocycles. The van der Waals surface area contributed by atoms with Gasteiger partial charge in [0.1, 0.15) is 0 Å². The van der Waals surface area contributed by atoms with Crippen LogP contribution in [-0.4, -0.2) is 22.3 Å². The van der Waals surface area contributed by atoms with E-state index in [4.69, 9.17) is 5.11 Å². The van der Waals surface area contributed by atoms with Crippen molar-refractivity contribution in [3.8, 4) is 0 Å². The van der Waals surface area contributed by atoms with Gasteiger partial charge in [-0.3, -0.25) is 4.79 Å². The molecule has 1 fully saturated rings. The van der Waals surface area contributed by atoms with Crippen molar-refractivity contribution in [2.75, 3.05) is 0 Å². The molecule has 0 aromatic carbocycles. The first-order chi connectivity index (χ1) is 6.04. The molecule has 0 radical (unpaired) electrons. The van der Waals surface area contributed by atoms with Gasteiger partial charge in [-0.1, -0.05) is 20.3 Å². The minimum Gasteiger partial charge on any atom is -0.481 e. The van der Waals surface area contributed by atoms with Crippen LogP contribution in [0.1, 0.15) is 33.1 Å². The summed E-state index contributed by atoms with van der Waals surface area (Å²) >= 11 is 0. The smallest absolute Gasteiger partial charge is 0.306 e. The molecule has 1 saturated carbocycles. The summed E-state index contributed by atoms with van der Waals surface area (Å²) in [6, 6.07) is 0. The summed E-state index contributed by atoms with van der Waals surface area (Å²) in [6.45, 7) is 3.68. The Hall–Kier alpha value is -0.570. The molecule has 1 aliphatic rings. The lowest BCUT2D eigenvalue weighted by Gasteiger charge is -2.34. The summed E-state index contributed by atoms with van der Waals surface area (Å²) in [6.07, 6.45) is 2.48. The molecule has 2 N–H and O–H groups in total. The quantitative estimate of drug-likeness (QED) is 0.687. The van der Waals surface area contributed by atoms with Gasteiger partial charge in [-0.15, -0.1) is 0 Å². The van der Waals surface area contributed by atoms with E-state index >= 15 is 0 Å². The predicted octanol–water partition coefficient (Wildman–Crippen LogP) is 1.50. The van der Waals surface area contributed by atoms with Gasteiger partial charge in [-0.2, -0.15) is 0 Å². The molecule has 3 nitrogen and oxygen atoms in total. The summed E-state index contributed by atoms with van der Waals surface area (Å²) < 4.78 is 0. The van der Waals surface area contributed by atoms with E-state index in [1.54, 1.807) is 6.92 Å². The lowest BCUT2D eigenvalue weighted by Crippen LogP contribution is -2.38. The van der Waals surface area contributed by atoms with E-state index in [0.29, 0.717) is 0 Å². The average molecular weight is 186 g/mol. The Morgan fingerprint density at radius 2 is 2.08 bits per heavy atom. The molecule has 3 heteroatoms. The second-order valence-electron chi connectivity index (χ2n) is 4.19. The van der Waals surface area contributed by atoms with Crippen molar-refractivity contribution >= 4 is 5.97 Å². The maximum atomic E-state index is 10.7. The zero-order valence-electron chi connectivity index (χ0n) is 8.23. The van der Waals surface area contributed by atoms with Crippen LogP contribution in [0.4, 0.5) is 0 Å². The number of aliphatic carboxylic acids is 1. The van der Waals surface area contributed by atoms with Crippen molar-refractivity contribution in [2.24, 2.45) is 17.8 Å². The van der Waals surface area contributed by atoms with Crippen molar-refractivity contribution in [2.45, 2.75) is 39.2 Å². The molecule has 0 bridgehead atoms. The van der Waals surface area contributed by atoms with E-state index in [0.717, 1.165) is 19.3 Å². The zero-order chi connectivity index (χ0) is 10.0.